The summed E-state index contributed by atoms with van der Waals surface area (Å²) in [6.45, 7) is 5.63. The van der Waals surface area contributed by atoms with E-state index in [2.05, 4.69) is 6.58 Å². The van der Waals surface area contributed by atoms with Gasteiger partial charge in [0.15, 0.2) is 0 Å². The van der Waals surface area contributed by atoms with Crippen molar-refractivity contribution in [3.05, 3.63) is 48.3 Å². The molecule has 0 fully saturated rings. The van der Waals surface area contributed by atoms with Crippen molar-refractivity contribution >= 4 is 5.97 Å². The molecule has 1 aromatic rings. The van der Waals surface area contributed by atoms with Crippen LogP contribution in [0.4, 0.5) is 4.39 Å². The number of ether oxygens (including phenoxy) is 1. The summed E-state index contributed by atoms with van der Waals surface area (Å²) in [5, 5.41) is 0. The molecule has 0 saturated heterocycles. The number of benzene rings is 1. The van der Waals surface area contributed by atoms with Gasteiger partial charge in [-0.05, 0) is 24.6 Å². The zero-order chi connectivity index (χ0) is 12.8. The molecule has 17 heavy (non-hydrogen) atoms. The number of esters is 1. The SMILES string of the molecule is C=C[C@@H](c1ccc(F)cc1)[C@H](N)C(=O)OCC. The lowest BCUT2D eigenvalue weighted by Crippen LogP contribution is -2.37. The maximum atomic E-state index is 12.8. The van der Waals surface area contributed by atoms with Crippen molar-refractivity contribution in [1.82, 2.24) is 0 Å². The van der Waals surface area contributed by atoms with Crippen molar-refractivity contribution in [2.45, 2.75) is 18.9 Å². The van der Waals surface area contributed by atoms with Crippen LogP contribution in [0.15, 0.2) is 36.9 Å². The van der Waals surface area contributed by atoms with Gasteiger partial charge in [0, 0.05) is 5.92 Å². The Hall–Kier alpha value is -1.68. The molecule has 0 spiro atoms. The Kier molecular flexibility index (Phi) is 4.84. The summed E-state index contributed by atoms with van der Waals surface area (Å²) in [7, 11) is 0. The average molecular weight is 237 g/mol. The summed E-state index contributed by atoms with van der Waals surface area (Å²) < 4.78 is 17.6. The maximum Gasteiger partial charge on any atom is 0.323 e. The van der Waals surface area contributed by atoms with Gasteiger partial charge >= 0.3 is 5.97 Å². The molecule has 0 aromatic heterocycles. The first kappa shape index (κ1) is 13.4. The highest BCUT2D eigenvalue weighted by Crippen LogP contribution is 2.21. The first-order valence-electron chi connectivity index (χ1n) is 5.40. The fourth-order valence-corrected chi connectivity index (χ4v) is 1.56. The summed E-state index contributed by atoms with van der Waals surface area (Å²) in [4.78, 5) is 11.5. The topological polar surface area (TPSA) is 52.3 Å². The van der Waals surface area contributed by atoms with Gasteiger partial charge in [-0.2, -0.15) is 0 Å². The van der Waals surface area contributed by atoms with Crippen molar-refractivity contribution in [3.63, 3.8) is 0 Å². The van der Waals surface area contributed by atoms with Crippen LogP contribution in [0.25, 0.3) is 0 Å². The van der Waals surface area contributed by atoms with E-state index in [-0.39, 0.29) is 18.3 Å². The first-order chi connectivity index (χ1) is 8.10. The van der Waals surface area contributed by atoms with E-state index in [1.165, 1.54) is 12.1 Å². The van der Waals surface area contributed by atoms with Crippen molar-refractivity contribution in [2.75, 3.05) is 6.61 Å². The molecule has 0 bridgehead atoms. The van der Waals surface area contributed by atoms with E-state index in [0.29, 0.717) is 0 Å². The smallest absolute Gasteiger partial charge is 0.323 e. The summed E-state index contributed by atoms with van der Waals surface area (Å²) in [6, 6.07) is 4.99. The standard InChI is InChI=1S/C13H16FNO2/c1-3-11(12(15)13(16)17-4-2)9-5-7-10(14)8-6-9/h3,5-8,11-12H,1,4,15H2,2H3/t11-,12-/m0/s1. The van der Waals surface area contributed by atoms with Gasteiger partial charge in [-0.25, -0.2) is 4.39 Å². The lowest BCUT2D eigenvalue weighted by Gasteiger charge is -2.19. The molecule has 2 N–H and O–H groups in total. The number of rotatable bonds is 5. The van der Waals surface area contributed by atoms with Crippen LogP contribution in [0.2, 0.25) is 0 Å². The van der Waals surface area contributed by atoms with Crippen LogP contribution in [0.1, 0.15) is 18.4 Å². The molecule has 2 atom stereocenters. The van der Waals surface area contributed by atoms with Gasteiger partial charge in [-0.15, -0.1) is 6.58 Å². The largest absolute Gasteiger partial charge is 0.465 e. The molecule has 0 heterocycles. The summed E-state index contributed by atoms with van der Waals surface area (Å²) in [5.74, 6) is -1.20. The van der Waals surface area contributed by atoms with Crippen LogP contribution < -0.4 is 5.73 Å². The lowest BCUT2D eigenvalue weighted by molar-refractivity contribution is -0.144. The number of hydrogen-bond acceptors (Lipinski definition) is 3. The van der Waals surface area contributed by atoms with Gasteiger partial charge < -0.3 is 10.5 Å². The minimum Gasteiger partial charge on any atom is -0.465 e. The van der Waals surface area contributed by atoms with Gasteiger partial charge in [-0.3, -0.25) is 4.79 Å². The lowest BCUT2D eigenvalue weighted by atomic mass is 9.92. The summed E-state index contributed by atoms with van der Waals surface area (Å²) in [6.07, 6.45) is 1.56. The van der Waals surface area contributed by atoms with Crippen molar-refractivity contribution < 1.29 is 13.9 Å². The predicted molar refractivity (Wildman–Crippen MR) is 63.9 cm³/mol. The fourth-order valence-electron chi connectivity index (χ4n) is 1.56. The van der Waals surface area contributed by atoms with Crippen LogP contribution in [-0.4, -0.2) is 18.6 Å². The Balaban J connectivity index is 2.87. The molecule has 0 radical (unpaired) electrons. The second-order valence-electron chi connectivity index (χ2n) is 3.59. The second kappa shape index (κ2) is 6.15. The molecule has 1 aromatic carbocycles. The van der Waals surface area contributed by atoms with E-state index in [0.717, 1.165) is 5.56 Å². The molecule has 4 heteroatoms. The van der Waals surface area contributed by atoms with Gasteiger partial charge in [0.25, 0.3) is 0 Å². The van der Waals surface area contributed by atoms with Crippen LogP contribution >= 0.6 is 0 Å². The summed E-state index contributed by atoms with van der Waals surface area (Å²) in [5.41, 5.74) is 6.53. The first-order valence-corrected chi connectivity index (χ1v) is 5.40. The molecule has 0 saturated carbocycles. The van der Waals surface area contributed by atoms with Crippen LogP contribution in [-0.2, 0) is 9.53 Å². The highest BCUT2D eigenvalue weighted by Gasteiger charge is 2.24. The molecule has 92 valence electrons. The zero-order valence-electron chi connectivity index (χ0n) is 9.73. The third-order valence-corrected chi connectivity index (χ3v) is 2.45. The minimum atomic E-state index is -0.821. The van der Waals surface area contributed by atoms with Gasteiger partial charge in [0.05, 0.1) is 6.61 Å². The van der Waals surface area contributed by atoms with Crippen molar-refractivity contribution in [3.8, 4) is 0 Å². The molecule has 1 rings (SSSR count). The number of hydrogen-bond donors (Lipinski definition) is 1. The third kappa shape index (κ3) is 3.39. The van der Waals surface area contributed by atoms with Gasteiger partial charge in [0.1, 0.15) is 11.9 Å². The number of carbonyl (C=O) groups is 1. The predicted octanol–water partition coefficient (Wildman–Crippen LogP) is 1.99. The van der Waals surface area contributed by atoms with E-state index in [9.17, 15) is 9.18 Å². The van der Waals surface area contributed by atoms with Gasteiger partial charge in [-0.1, -0.05) is 18.2 Å². The Morgan fingerprint density at radius 3 is 2.59 bits per heavy atom. The Morgan fingerprint density at radius 1 is 1.53 bits per heavy atom. The molecule has 0 amide bonds. The molecular formula is C13H16FNO2. The number of nitrogens with two attached hydrogens (primary N) is 1. The Bertz CT molecular complexity index is 389. The van der Waals surface area contributed by atoms with Crippen LogP contribution in [0, 0.1) is 5.82 Å². The highest BCUT2D eigenvalue weighted by atomic mass is 19.1. The molecule has 0 aliphatic rings. The molecule has 0 aliphatic heterocycles. The highest BCUT2D eigenvalue weighted by molar-refractivity contribution is 5.77. The average Bonchev–Trinajstić information content (AvgIpc) is 2.32. The molecular weight excluding hydrogens is 221 g/mol. The Morgan fingerprint density at radius 2 is 2.12 bits per heavy atom. The van der Waals surface area contributed by atoms with E-state index >= 15 is 0 Å². The summed E-state index contributed by atoms with van der Waals surface area (Å²) >= 11 is 0. The van der Waals surface area contributed by atoms with E-state index in [1.807, 2.05) is 0 Å². The quantitative estimate of drug-likeness (QED) is 0.629. The fraction of sp³-hybridized carbons (Fsp3) is 0.308. The second-order valence-corrected chi connectivity index (χ2v) is 3.59. The third-order valence-electron chi connectivity index (χ3n) is 2.45. The van der Waals surface area contributed by atoms with Gasteiger partial charge in [0.2, 0.25) is 0 Å². The number of halogens is 1. The van der Waals surface area contributed by atoms with E-state index < -0.39 is 12.0 Å². The van der Waals surface area contributed by atoms with E-state index in [4.69, 9.17) is 10.5 Å². The monoisotopic (exact) mass is 237 g/mol. The normalized spacial score (nSPS) is 13.8. The van der Waals surface area contributed by atoms with E-state index in [1.54, 1.807) is 25.1 Å². The van der Waals surface area contributed by atoms with Crippen molar-refractivity contribution in [1.29, 1.82) is 0 Å². The molecule has 0 aliphatic carbocycles. The minimum absolute atomic E-state index is 0.278. The molecule has 0 unspecified atom stereocenters. The number of carbonyl (C=O) groups excluding carboxylic acids is 1. The molecule has 3 nitrogen and oxygen atoms in total. The Labute approximate surface area is 100 Å². The maximum absolute atomic E-state index is 12.8. The zero-order valence-corrected chi connectivity index (χ0v) is 9.73. The van der Waals surface area contributed by atoms with Crippen molar-refractivity contribution in [2.24, 2.45) is 5.73 Å². The van der Waals surface area contributed by atoms with Crippen LogP contribution in [0.3, 0.4) is 0 Å². The van der Waals surface area contributed by atoms with Crippen LogP contribution in [0.5, 0.6) is 0 Å².